The zero-order valence-electron chi connectivity index (χ0n) is 23.0. The zero-order chi connectivity index (χ0) is 27.0. The Morgan fingerprint density at radius 2 is 1.95 bits per heavy atom. The Bertz CT molecular complexity index is 1110. The van der Waals surface area contributed by atoms with Gasteiger partial charge in [0.1, 0.15) is 11.9 Å². The molecular weight excluding hydrogens is 490 g/mol. The predicted molar refractivity (Wildman–Crippen MR) is 153 cm³/mol. The van der Waals surface area contributed by atoms with E-state index in [2.05, 4.69) is 44.7 Å². The fourth-order valence-corrected chi connectivity index (χ4v) is 6.34. The number of aliphatic carboxylic acids is 1. The molecular formula is C31H43N5O3. The van der Waals surface area contributed by atoms with E-state index in [4.69, 9.17) is 4.98 Å². The number of hydrogen-bond donors (Lipinski definition) is 3. The van der Waals surface area contributed by atoms with Crippen LogP contribution in [0.2, 0.25) is 0 Å². The second-order valence-electron chi connectivity index (χ2n) is 11.5. The molecule has 1 amide bonds. The van der Waals surface area contributed by atoms with Crippen LogP contribution in [0.3, 0.4) is 0 Å². The van der Waals surface area contributed by atoms with Crippen LogP contribution in [-0.4, -0.2) is 76.6 Å². The van der Waals surface area contributed by atoms with E-state index in [0.717, 1.165) is 82.6 Å². The van der Waals surface area contributed by atoms with Crippen molar-refractivity contribution in [2.45, 2.75) is 76.4 Å². The summed E-state index contributed by atoms with van der Waals surface area (Å²) in [5.41, 5.74) is 3.65. The average molecular weight is 534 g/mol. The second-order valence-corrected chi connectivity index (χ2v) is 11.5. The molecule has 3 aliphatic heterocycles. The number of anilines is 1. The highest BCUT2D eigenvalue weighted by Crippen LogP contribution is 2.25. The molecule has 3 atom stereocenters. The maximum atomic E-state index is 13.2. The van der Waals surface area contributed by atoms with E-state index in [1.54, 1.807) is 0 Å². The number of carboxylic acids is 1. The van der Waals surface area contributed by atoms with E-state index in [0.29, 0.717) is 25.4 Å². The highest BCUT2D eigenvalue weighted by molar-refractivity contribution is 5.87. The van der Waals surface area contributed by atoms with Crippen molar-refractivity contribution in [2.75, 3.05) is 38.0 Å². The zero-order valence-corrected chi connectivity index (χ0v) is 23.0. The number of amides is 1. The number of carbonyl (C=O) groups excluding carboxylic acids is 1. The number of pyridine rings is 1. The molecule has 4 heterocycles. The third-order valence-electron chi connectivity index (χ3n) is 8.62. The highest BCUT2D eigenvalue weighted by atomic mass is 16.4. The summed E-state index contributed by atoms with van der Waals surface area (Å²) in [6.07, 6.45) is 8.74. The molecule has 0 spiro atoms. The summed E-state index contributed by atoms with van der Waals surface area (Å²) < 4.78 is 0. The van der Waals surface area contributed by atoms with Crippen molar-refractivity contribution in [1.29, 1.82) is 0 Å². The van der Waals surface area contributed by atoms with Gasteiger partial charge in [-0.1, -0.05) is 42.8 Å². The molecule has 1 aromatic heterocycles. The molecule has 0 saturated carbocycles. The van der Waals surface area contributed by atoms with Gasteiger partial charge in [0, 0.05) is 31.9 Å². The number of aryl methyl sites for hydroxylation is 2. The van der Waals surface area contributed by atoms with E-state index in [-0.39, 0.29) is 11.9 Å². The minimum Gasteiger partial charge on any atom is -0.480 e. The maximum Gasteiger partial charge on any atom is 0.326 e. The number of likely N-dealkylation sites (tertiary alicyclic amines) is 2. The third kappa shape index (κ3) is 7.57. The molecule has 0 radical (unpaired) electrons. The molecule has 3 aliphatic rings. The Morgan fingerprint density at radius 3 is 2.79 bits per heavy atom. The van der Waals surface area contributed by atoms with Crippen LogP contribution in [0.25, 0.3) is 0 Å². The first kappa shape index (κ1) is 27.6. The van der Waals surface area contributed by atoms with E-state index >= 15 is 0 Å². The van der Waals surface area contributed by atoms with E-state index in [9.17, 15) is 14.7 Å². The summed E-state index contributed by atoms with van der Waals surface area (Å²) in [4.78, 5) is 34.7. The minimum atomic E-state index is -0.948. The Hall–Kier alpha value is -2.97. The monoisotopic (exact) mass is 533 g/mol. The maximum absolute atomic E-state index is 13.2. The van der Waals surface area contributed by atoms with E-state index < -0.39 is 12.0 Å². The molecule has 5 rings (SSSR count). The van der Waals surface area contributed by atoms with Gasteiger partial charge in [-0.25, -0.2) is 9.78 Å². The molecule has 2 aromatic rings. The van der Waals surface area contributed by atoms with Crippen LogP contribution in [0.1, 0.15) is 61.8 Å². The number of piperidine rings is 1. The molecule has 3 N–H and O–H groups in total. The van der Waals surface area contributed by atoms with Crippen molar-refractivity contribution in [3.63, 3.8) is 0 Å². The van der Waals surface area contributed by atoms with Gasteiger partial charge >= 0.3 is 5.97 Å². The fraction of sp³-hybridized carbons (Fsp3) is 0.581. The Kier molecular flexibility index (Phi) is 9.48. The van der Waals surface area contributed by atoms with Gasteiger partial charge in [-0.2, -0.15) is 0 Å². The number of aromatic nitrogens is 1. The van der Waals surface area contributed by atoms with Crippen molar-refractivity contribution in [1.82, 2.24) is 20.1 Å². The SMILES string of the molecule is O=C(O)[C@H](CCN1CC[C@@H](CCc2ccc3c(n2)NCCC3)C1)NC(=O)[C@@H]1CCCCN1Cc1ccccc1. The van der Waals surface area contributed by atoms with Crippen LogP contribution >= 0.6 is 0 Å². The van der Waals surface area contributed by atoms with Crippen molar-refractivity contribution in [3.05, 3.63) is 59.3 Å². The molecule has 8 nitrogen and oxygen atoms in total. The lowest BCUT2D eigenvalue weighted by atomic mass is 9.99. The van der Waals surface area contributed by atoms with E-state index in [1.165, 1.54) is 17.5 Å². The third-order valence-corrected chi connectivity index (χ3v) is 8.62. The first-order valence-electron chi connectivity index (χ1n) is 14.8. The molecule has 8 heteroatoms. The van der Waals surface area contributed by atoms with Crippen LogP contribution in [0.15, 0.2) is 42.5 Å². The quantitative estimate of drug-likeness (QED) is 0.405. The number of carbonyl (C=O) groups is 2. The number of fused-ring (bicyclic) bond motifs is 1. The van der Waals surface area contributed by atoms with Crippen LogP contribution in [0, 0.1) is 5.92 Å². The minimum absolute atomic E-state index is 0.149. The van der Waals surface area contributed by atoms with Gasteiger partial charge in [-0.3, -0.25) is 9.69 Å². The standard InChI is InChI=1S/C31H43N5O3/c37-30(28-10-4-5-18-36(28)22-23-7-2-1-3-8-23)34-27(31(38)39)16-20-35-19-15-24(21-35)11-13-26-14-12-25-9-6-17-32-29(25)33-26/h1-3,7-8,12,14,24,27-28H,4-6,9-11,13,15-22H2,(H,32,33)(H,34,37)(H,38,39)/t24-,27+,28+/m1/s1. The first-order chi connectivity index (χ1) is 19.0. The average Bonchev–Trinajstić information content (AvgIpc) is 3.42. The van der Waals surface area contributed by atoms with Crippen molar-refractivity contribution >= 4 is 17.7 Å². The predicted octanol–water partition coefficient (Wildman–Crippen LogP) is 3.71. The number of hydrogen-bond acceptors (Lipinski definition) is 6. The van der Waals surface area contributed by atoms with Crippen molar-refractivity contribution in [3.8, 4) is 0 Å². The lowest BCUT2D eigenvalue weighted by Gasteiger charge is -2.35. The van der Waals surface area contributed by atoms with Crippen LogP contribution in [0.5, 0.6) is 0 Å². The number of carboxylic acid groups (broad SMARTS) is 1. The Balaban J connectivity index is 1.07. The Labute approximate surface area is 232 Å². The molecule has 0 bridgehead atoms. The van der Waals surface area contributed by atoms with Gasteiger partial charge < -0.3 is 20.6 Å². The van der Waals surface area contributed by atoms with Gasteiger partial charge in [0.25, 0.3) is 0 Å². The molecule has 0 aliphatic carbocycles. The summed E-state index contributed by atoms with van der Waals surface area (Å²) in [5, 5.41) is 16.2. The summed E-state index contributed by atoms with van der Waals surface area (Å²) in [5.74, 6) is 0.563. The lowest BCUT2D eigenvalue weighted by Crippen LogP contribution is -2.53. The van der Waals surface area contributed by atoms with Gasteiger partial charge in [0.2, 0.25) is 5.91 Å². The van der Waals surface area contributed by atoms with Gasteiger partial charge in [0.05, 0.1) is 6.04 Å². The fourth-order valence-electron chi connectivity index (χ4n) is 6.34. The summed E-state index contributed by atoms with van der Waals surface area (Å²) in [6, 6.07) is 13.4. The largest absolute Gasteiger partial charge is 0.480 e. The van der Waals surface area contributed by atoms with Crippen LogP contribution in [-0.2, 0) is 29.0 Å². The van der Waals surface area contributed by atoms with Gasteiger partial charge in [-0.05, 0) is 87.6 Å². The van der Waals surface area contributed by atoms with Crippen molar-refractivity contribution < 1.29 is 14.7 Å². The number of nitrogens with zero attached hydrogens (tertiary/aromatic N) is 3. The number of rotatable bonds is 11. The second kappa shape index (κ2) is 13.4. The Morgan fingerprint density at radius 1 is 1.08 bits per heavy atom. The number of benzene rings is 1. The van der Waals surface area contributed by atoms with Gasteiger partial charge in [0.15, 0.2) is 0 Å². The lowest BCUT2D eigenvalue weighted by molar-refractivity contribution is -0.143. The smallest absolute Gasteiger partial charge is 0.326 e. The molecule has 1 aromatic carbocycles. The van der Waals surface area contributed by atoms with Gasteiger partial charge in [-0.15, -0.1) is 0 Å². The highest BCUT2D eigenvalue weighted by Gasteiger charge is 2.32. The molecule has 39 heavy (non-hydrogen) atoms. The number of nitrogens with one attached hydrogen (secondary N) is 2. The molecule has 2 saturated heterocycles. The topological polar surface area (TPSA) is 97.8 Å². The van der Waals surface area contributed by atoms with Crippen molar-refractivity contribution in [2.24, 2.45) is 5.92 Å². The summed E-state index contributed by atoms with van der Waals surface area (Å²) in [6.45, 7) is 5.23. The van der Waals surface area contributed by atoms with Crippen LogP contribution < -0.4 is 10.6 Å². The summed E-state index contributed by atoms with van der Waals surface area (Å²) in [7, 11) is 0. The molecule has 2 fully saturated rings. The molecule has 0 unspecified atom stereocenters. The van der Waals surface area contributed by atoms with E-state index in [1.807, 2.05) is 18.2 Å². The normalized spacial score (nSPS) is 22.6. The summed E-state index contributed by atoms with van der Waals surface area (Å²) >= 11 is 0. The first-order valence-corrected chi connectivity index (χ1v) is 14.8. The van der Waals surface area contributed by atoms with Crippen LogP contribution in [0.4, 0.5) is 5.82 Å². The molecule has 210 valence electrons.